The predicted molar refractivity (Wildman–Crippen MR) is 104 cm³/mol. The molecule has 1 saturated heterocycles. The van der Waals surface area contributed by atoms with Crippen LogP contribution in [-0.2, 0) is 6.42 Å². The first kappa shape index (κ1) is 18.8. The van der Waals surface area contributed by atoms with Crippen molar-refractivity contribution in [3.05, 3.63) is 35.9 Å². The third kappa shape index (κ3) is 5.23. The number of likely N-dealkylation sites (tertiary alicyclic amines) is 1. The van der Waals surface area contributed by atoms with Crippen LogP contribution in [0.3, 0.4) is 0 Å². The third-order valence-electron chi connectivity index (χ3n) is 5.11. The van der Waals surface area contributed by atoms with Crippen molar-refractivity contribution in [3.63, 3.8) is 0 Å². The topological polar surface area (TPSA) is 30.9 Å². The van der Waals surface area contributed by atoms with Crippen molar-refractivity contribution < 1.29 is 0 Å². The minimum Gasteiger partial charge on any atom is -0.357 e. The summed E-state index contributed by atoms with van der Waals surface area (Å²) in [5.41, 5.74) is 1.52. The molecule has 0 aliphatic carbocycles. The van der Waals surface area contributed by atoms with Gasteiger partial charge >= 0.3 is 0 Å². The van der Waals surface area contributed by atoms with E-state index in [9.17, 15) is 0 Å². The normalized spacial score (nSPS) is 19.2. The second-order valence-corrected chi connectivity index (χ2v) is 7.67. The van der Waals surface area contributed by atoms with E-state index in [2.05, 4.69) is 80.3 Å². The van der Waals surface area contributed by atoms with Crippen molar-refractivity contribution in [1.29, 1.82) is 0 Å². The van der Waals surface area contributed by atoms with Crippen LogP contribution >= 0.6 is 0 Å². The molecule has 1 N–H and O–H groups in total. The lowest BCUT2D eigenvalue weighted by Crippen LogP contribution is -2.44. The summed E-state index contributed by atoms with van der Waals surface area (Å²) in [6.07, 6.45) is 2.41. The molecule has 0 saturated carbocycles. The third-order valence-corrected chi connectivity index (χ3v) is 5.11. The average Bonchev–Trinajstić information content (AvgIpc) is 3.00. The van der Waals surface area contributed by atoms with Gasteiger partial charge in [0, 0.05) is 25.2 Å². The fourth-order valence-corrected chi connectivity index (χ4v) is 2.97. The Labute approximate surface area is 147 Å². The Morgan fingerprint density at radius 2 is 2.00 bits per heavy atom. The summed E-state index contributed by atoms with van der Waals surface area (Å²) >= 11 is 0. The quantitative estimate of drug-likeness (QED) is 0.643. The lowest BCUT2D eigenvalue weighted by atomic mass is 9.99. The van der Waals surface area contributed by atoms with E-state index in [1.54, 1.807) is 0 Å². The highest BCUT2D eigenvalue weighted by Gasteiger charge is 2.26. The van der Waals surface area contributed by atoms with Crippen molar-refractivity contribution >= 4 is 5.96 Å². The summed E-state index contributed by atoms with van der Waals surface area (Å²) < 4.78 is 0. The molecule has 1 aromatic carbocycles. The van der Waals surface area contributed by atoms with Gasteiger partial charge in [0.05, 0.1) is 6.54 Å². The zero-order chi connectivity index (χ0) is 17.6. The van der Waals surface area contributed by atoms with Gasteiger partial charge in [-0.1, -0.05) is 30.3 Å². The smallest absolute Gasteiger partial charge is 0.193 e. The summed E-state index contributed by atoms with van der Waals surface area (Å²) in [6.45, 7) is 10.5. The molecule has 4 nitrogen and oxygen atoms in total. The van der Waals surface area contributed by atoms with Gasteiger partial charge in [0.2, 0.25) is 0 Å². The minimum absolute atomic E-state index is 0.0732. The van der Waals surface area contributed by atoms with Gasteiger partial charge in [-0.15, -0.1) is 0 Å². The number of aliphatic imine (C=N–C) groups is 1. The van der Waals surface area contributed by atoms with Gasteiger partial charge in [0.25, 0.3) is 0 Å². The van der Waals surface area contributed by atoms with Crippen LogP contribution in [0.15, 0.2) is 35.3 Å². The Kier molecular flexibility index (Phi) is 6.67. The van der Waals surface area contributed by atoms with Crippen molar-refractivity contribution in [2.24, 2.45) is 10.9 Å². The van der Waals surface area contributed by atoms with Crippen LogP contribution in [0, 0.1) is 5.92 Å². The summed E-state index contributed by atoms with van der Waals surface area (Å²) in [5, 5.41) is 3.48. The van der Waals surface area contributed by atoms with Gasteiger partial charge in [-0.05, 0) is 59.2 Å². The number of nitrogens with one attached hydrogen (secondary N) is 1. The lowest BCUT2D eigenvalue weighted by Gasteiger charge is -2.32. The van der Waals surface area contributed by atoms with E-state index in [4.69, 9.17) is 4.99 Å². The highest BCUT2D eigenvalue weighted by Crippen LogP contribution is 2.21. The predicted octanol–water partition coefficient (Wildman–Crippen LogP) is 2.86. The summed E-state index contributed by atoms with van der Waals surface area (Å²) in [5.74, 6) is 1.79. The number of nitrogens with zero attached hydrogens (tertiary/aromatic N) is 3. The second-order valence-electron chi connectivity index (χ2n) is 7.67. The van der Waals surface area contributed by atoms with Gasteiger partial charge < -0.3 is 15.1 Å². The number of hydrogen-bond acceptors (Lipinski definition) is 2. The molecule has 1 unspecified atom stereocenters. The molecule has 0 spiro atoms. The molecule has 1 heterocycles. The molecule has 0 amide bonds. The van der Waals surface area contributed by atoms with Crippen LogP contribution in [0.1, 0.15) is 32.8 Å². The van der Waals surface area contributed by atoms with E-state index in [0.717, 1.165) is 38.1 Å². The minimum atomic E-state index is 0.0732. The van der Waals surface area contributed by atoms with Crippen LogP contribution in [0.25, 0.3) is 0 Å². The van der Waals surface area contributed by atoms with Gasteiger partial charge in [-0.3, -0.25) is 4.99 Å². The van der Waals surface area contributed by atoms with Gasteiger partial charge in [-0.25, -0.2) is 0 Å². The molecule has 1 aromatic rings. The second kappa shape index (κ2) is 8.52. The number of rotatable bonds is 6. The molecule has 134 valence electrons. The number of guanidine groups is 1. The standard InChI is InChI=1S/C20H34N4/c1-6-21-19(22-16-20(2,3)23(4)5)24-13-12-18(15-24)14-17-10-8-7-9-11-17/h7-11,18H,6,12-16H2,1-5H3,(H,21,22). The van der Waals surface area contributed by atoms with E-state index >= 15 is 0 Å². The molecule has 1 aliphatic rings. The molecule has 2 rings (SSSR count). The van der Waals surface area contributed by atoms with E-state index in [1.807, 2.05) is 0 Å². The zero-order valence-corrected chi connectivity index (χ0v) is 16.0. The molecule has 0 bridgehead atoms. The number of hydrogen-bond donors (Lipinski definition) is 1. The molecule has 1 atom stereocenters. The summed E-state index contributed by atoms with van der Waals surface area (Å²) in [6, 6.07) is 10.8. The van der Waals surface area contributed by atoms with Gasteiger partial charge in [0.15, 0.2) is 5.96 Å². The largest absolute Gasteiger partial charge is 0.357 e. The Morgan fingerprint density at radius 1 is 1.29 bits per heavy atom. The lowest BCUT2D eigenvalue weighted by molar-refractivity contribution is 0.204. The van der Waals surface area contributed by atoms with Gasteiger partial charge in [-0.2, -0.15) is 0 Å². The number of benzene rings is 1. The van der Waals surface area contributed by atoms with E-state index in [0.29, 0.717) is 0 Å². The van der Waals surface area contributed by atoms with Crippen molar-refractivity contribution in [2.45, 2.75) is 39.2 Å². The monoisotopic (exact) mass is 330 g/mol. The highest BCUT2D eigenvalue weighted by molar-refractivity contribution is 5.80. The first-order chi connectivity index (χ1) is 11.4. The fraction of sp³-hybridized carbons (Fsp3) is 0.650. The average molecular weight is 331 g/mol. The highest BCUT2D eigenvalue weighted by atomic mass is 15.3. The molecule has 0 radical (unpaired) electrons. The Balaban J connectivity index is 1.96. The maximum Gasteiger partial charge on any atom is 0.193 e. The van der Waals surface area contributed by atoms with Crippen LogP contribution in [0.4, 0.5) is 0 Å². The van der Waals surface area contributed by atoms with Crippen molar-refractivity contribution in [1.82, 2.24) is 15.1 Å². The van der Waals surface area contributed by atoms with Crippen LogP contribution < -0.4 is 5.32 Å². The van der Waals surface area contributed by atoms with Crippen LogP contribution in [-0.4, -0.2) is 61.6 Å². The Hall–Kier alpha value is -1.55. The zero-order valence-electron chi connectivity index (χ0n) is 16.0. The molecule has 1 fully saturated rings. The van der Waals surface area contributed by atoms with Gasteiger partial charge in [0.1, 0.15) is 0 Å². The summed E-state index contributed by atoms with van der Waals surface area (Å²) in [7, 11) is 4.24. The Bertz CT molecular complexity index is 522. The van der Waals surface area contributed by atoms with E-state index in [1.165, 1.54) is 18.4 Å². The van der Waals surface area contributed by atoms with Crippen LogP contribution in [0.2, 0.25) is 0 Å². The maximum absolute atomic E-state index is 4.92. The van der Waals surface area contributed by atoms with Crippen molar-refractivity contribution in [2.75, 3.05) is 40.3 Å². The summed E-state index contributed by atoms with van der Waals surface area (Å²) in [4.78, 5) is 9.59. The molecule has 24 heavy (non-hydrogen) atoms. The molecule has 1 aliphatic heterocycles. The number of likely N-dealkylation sites (N-methyl/N-ethyl adjacent to an activating group) is 1. The molecular formula is C20H34N4. The van der Waals surface area contributed by atoms with Crippen LogP contribution in [0.5, 0.6) is 0 Å². The molecule has 4 heteroatoms. The van der Waals surface area contributed by atoms with E-state index in [-0.39, 0.29) is 5.54 Å². The molecule has 0 aromatic heterocycles. The Morgan fingerprint density at radius 3 is 2.62 bits per heavy atom. The first-order valence-electron chi connectivity index (χ1n) is 9.17. The fourth-order valence-electron chi connectivity index (χ4n) is 2.97. The SMILES string of the molecule is CCNC(=NCC(C)(C)N(C)C)N1CCC(Cc2ccccc2)C1. The maximum atomic E-state index is 4.92. The van der Waals surface area contributed by atoms with E-state index < -0.39 is 0 Å². The molecular weight excluding hydrogens is 296 g/mol. The van der Waals surface area contributed by atoms with Crippen molar-refractivity contribution in [3.8, 4) is 0 Å². The first-order valence-corrected chi connectivity index (χ1v) is 9.17.